The van der Waals surface area contributed by atoms with Crippen LogP contribution in [-0.4, -0.2) is 23.2 Å². The van der Waals surface area contributed by atoms with Crippen molar-refractivity contribution in [3.05, 3.63) is 42.0 Å². The minimum Gasteiger partial charge on any atom is -0.316 e. The van der Waals surface area contributed by atoms with Crippen LogP contribution in [0.4, 0.5) is 0 Å². The average Bonchev–Trinajstić information content (AvgIpc) is 2.84. The van der Waals surface area contributed by atoms with Gasteiger partial charge in [-0.1, -0.05) is 17.7 Å². The fraction of sp³-hybridized carbons (Fsp3) is 0.333. The van der Waals surface area contributed by atoms with E-state index in [0.717, 1.165) is 5.56 Å². The fourth-order valence-electron chi connectivity index (χ4n) is 1.56. The first-order valence-electron chi connectivity index (χ1n) is 5.85. The van der Waals surface area contributed by atoms with Crippen molar-refractivity contribution in [2.24, 2.45) is 0 Å². The summed E-state index contributed by atoms with van der Waals surface area (Å²) in [6.45, 7) is 4.35. The fourth-order valence-corrected chi connectivity index (χ4v) is 2.42. The SMILES string of the molecule is CCn1cnnc1COS(=O)(=O)c1ccc(C)cc1. The Kier molecular flexibility index (Phi) is 3.96. The zero-order chi connectivity index (χ0) is 13.9. The second kappa shape index (κ2) is 5.50. The van der Waals surface area contributed by atoms with Gasteiger partial charge in [0.15, 0.2) is 5.82 Å². The van der Waals surface area contributed by atoms with Gasteiger partial charge in [0.25, 0.3) is 10.1 Å². The molecule has 1 aromatic carbocycles. The van der Waals surface area contributed by atoms with Gasteiger partial charge in [0.05, 0.1) is 4.90 Å². The number of nitrogens with zero attached hydrogens (tertiary/aromatic N) is 3. The molecule has 0 bridgehead atoms. The van der Waals surface area contributed by atoms with E-state index in [1.807, 2.05) is 13.8 Å². The Hall–Kier alpha value is -1.73. The van der Waals surface area contributed by atoms with Crippen LogP contribution in [0.15, 0.2) is 35.5 Å². The van der Waals surface area contributed by atoms with Crippen LogP contribution >= 0.6 is 0 Å². The second-order valence-electron chi connectivity index (χ2n) is 4.06. The zero-order valence-electron chi connectivity index (χ0n) is 10.8. The summed E-state index contributed by atoms with van der Waals surface area (Å²) < 4.78 is 30.6. The standard InChI is InChI=1S/C12H15N3O3S/c1-3-15-9-13-14-12(15)8-18-19(16,17)11-6-4-10(2)5-7-11/h4-7,9H,3,8H2,1-2H3. The van der Waals surface area contributed by atoms with Crippen molar-refractivity contribution in [3.8, 4) is 0 Å². The minimum atomic E-state index is -3.76. The molecule has 1 heterocycles. The van der Waals surface area contributed by atoms with Crippen LogP contribution in [-0.2, 0) is 27.5 Å². The first kappa shape index (κ1) is 13.7. The van der Waals surface area contributed by atoms with E-state index in [1.165, 1.54) is 18.5 Å². The molecule has 0 atom stereocenters. The van der Waals surface area contributed by atoms with Crippen LogP contribution < -0.4 is 0 Å². The van der Waals surface area contributed by atoms with Gasteiger partial charge in [-0.2, -0.15) is 8.42 Å². The smallest absolute Gasteiger partial charge is 0.297 e. The Labute approximate surface area is 112 Å². The maximum absolute atomic E-state index is 12.0. The summed E-state index contributed by atoms with van der Waals surface area (Å²) in [5.41, 5.74) is 0.990. The molecule has 0 saturated heterocycles. The van der Waals surface area contributed by atoms with Crippen molar-refractivity contribution >= 4 is 10.1 Å². The lowest BCUT2D eigenvalue weighted by Crippen LogP contribution is -2.10. The van der Waals surface area contributed by atoms with Crippen LogP contribution in [0.2, 0.25) is 0 Å². The summed E-state index contributed by atoms with van der Waals surface area (Å²) in [5, 5.41) is 7.54. The lowest BCUT2D eigenvalue weighted by molar-refractivity contribution is 0.292. The number of hydrogen-bond acceptors (Lipinski definition) is 5. The van der Waals surface area contributed by atoms with E-state index < -0.39 is 10.1 Å². The zero-order valence-corrected chi connectivity index (χ0v) is 11.6. The van der Waals surface area contributed by atoms with Crippen molar-refractivity contribution < 1.29 is 12.6 Å². The Bertz CT molecular complexity index is 647. The molecule has 19 heavy (non-hydrogen) atoms. The first-order chi connectivity index (χ1) is 9.03. The summed E-state index contributed by atoms with van der Waals surface area (Å²) in [4.78, 5) is 0.140. The summed E-state index contributed by atoms with van der Waals surface area (Å²) in [6, 6.07) is 6.50. The lowest BCUT2D eigenvalue weighted by Gasteiger charge is -2.06. The average molecular weight is 281 g/mol. The van der Waals surface area contributed by atoms with Crippen molar-refractivity contribution in [1.29, 1.82) is 0 Å². The van der Waals surface area contributed by atoms with E-state index in [-0.39, 0.29) is 11.5 Å². The third kappa shape index (κ3) is 3.18. The lowest BCUT2D eigenvalue weighted by atomic mass is 10.2. The molecule has 0 fully saturated rings. The first-order valence-corrected chi connectivity index (χ1v) is 7.26. The predicted octanol–water partition coefficient (Wildman–Crippen LogP) is 1.51. The van der Waals surface area contributed by atoms with Gasteiger partial charge in [-0.05, 0) is 26.0 Å². The maximum Gasteiger partial charge on any atom is 0.297 e. The monoisotopic (exact) mass is 281 g/mol. The molecular weight excluding hydrogens is 266 g/mol. The number of aryl methyl sites for hydroxylation is 2. The van der Waals surface area contributed by atoms with Gasteiger partial charge in [0.2, 0.25) is 0 Å². The van der Waals surface area contributed by atoms with Gasteiger partial charge in [0, 0.05) is 6.54 Å². The molecule has 7 heteroatoms. The Morgan fingerprint density at radius 3 is 2.58 bits per heavy atom. The van der Waals surface area contributed by atoms with Gasteiger partial charge in [-0.15, -0.1) is 10.2 Å². The molecular formula is C12H15N3O3S. The molecule has 0 unspecified atom stereocenters. The van der Waals surface area contributed by atoms with Gasteiger partial charge >= 0.3 is 0 Å². The third-order valence-corrected chi connectivity index (χ3v) is 3.97. The molecule has 0 spiro atoms. The molecule has 0 aliphatic rings. The van der Waals surface area contributed by atoms with E-state index in [4.69, 9.17) is 4.18 Å². The molecule has 0 aliphatic carbocycles. The molecule has 0 saturated carbocycles. The van der Waals surface area contributed by atoms with Crippen molar-refractivity contribution in [1.82, 2.24) is 14.8 Å². The molecule has 2 aromatic rings. The largest absolute Gasteiger partial charge is 0.316 e. The van der Waals surface area contributed by atoms with Crippen LogP contribution in [0.25, 0.3) is 0 Å². The number of hydrogen-bond donors (Lipinski definition) is 0. The minimum absolute atomic E-state index is 0.121. The van der Waals surface area contributed by atoms with Crippen LogP contribution in [0, 0.1) is 6.92 Å². The highest BCUT2D eigenvalue weighted by atomic mass is 32.2. The number of rotatable bonds is 5. The normalized spacial score (nSPS) is 11.7. The maximum atomic E-state index is 12.0. The van der Waals surface area contributed by atoms with Crippen LogP contribution in [0.1, 0.15) is 18.3 Å². The summed E-state index contributed by atoms with van der Waals surface area (Å²) >= 11 is 0. The topological polar surface area (TPSA) is 74.1 Å². The van der Waals surface area contributed by atoms with Gasteiger partial charge in [-0.25, -0.2) is 0 Å². The molecule has 0 aliphatic heterocycles. The second-order valence-corrected chi connectivity index (χ2v) is 5.68. The van der Waals surface area contributed by atoms with E-state index in [1.54, 1.807) is 16.7 Å². The predicted molar refractivity (Wildman–Crippen MR) is 68.8 cm³/mol. The Morgan fingerprint density at radius 2 is 1.95 bits per heavy atom. The quantitative estimate of drug-likeness (QED) is 0.777. The van der Waals surface area contributed by atoms with Crippen molar-refractivity contribution in [2.75, 3.05) is 0 Å². The van der Waals surface area contributed by atoms with Crippen molar-refractivity contribution in [2.45, 2.75) is 31.9 Å². The molecule has 6 nitrogen and oxygen atoms in total. The van der Waals surface area contributed by atoms with Gasteiger partial charge in [0.1, 0.15) is 12.9 Å². The summed E-state index contributed by atoms with van der Waals surface area (Å²) in [6.07, 6.45) is 1.54. The van der Waals surface area contributed by atoms with Crippen LogP contribution in [0.3, 0.4) is 0 Å². The number of aromatic nitrogens is 3. The molecule has 0 radical (unpaired) electrons. The molecule has 0 N–H and O–H groups in total. The van der Waals surface area contributed by atoms with E-state index >= 15 is 0 Å². The van der Waals surface area contributed by atoms with Gasteiger partial charge < -0.3 is 4.57 Å². The van der Waals surface area contributed by atoms with E-state index in [2.05, 4.69) is 10.2 Å². The highest BCUT2D eigenvalue weighted by Gasteiger charge is 2.16. The molecule has 1 aromatic heterocycles. The highest BCUT2D eigenvalue weighted by molar-refractivity contribution is 7.86. The molecule has 2 rings (SSSR count). The summed E-state index contributed by atoms with van der Waals surface area (Å²) in [7, 11) is -3.76. The number of benzene rings is 1. The molecule has 102 valence electrons. The summed E-state index contributed by atoms with van der Waals surface area (Å²) in [5.74, 6) is 0.484. The van der Waals surface area contributed by atoms with Crippen molar-refractivity contribution in [3.63, 3.8) is 0 Å². The van der Waals surface area contributed by atoms with E-state index in [0.29, 0.717) is 12.4 Å². The third-order valence-electron chi connectivity index (χ3n) is 2.69. The van der Waals surface area contributed by atoms with Gasteiger partial charge in [-0.3, -0.25) is 4.18 Å². The highest BCUT2D eigenvalue weighted by Crippen LogP contribution is 2.14. The van der Waals surface area contributed by atoms with Crippen LogP contribution in [0.5, 0.6) is 0 Å². The Morgan fingerprint density at radius 1 is 1.26 bits per heavy atom. The Balaban J connectivity index is 2.12. The molecule has 0 amide bonds. The van der Waals surface area contributed by atoms with E-state index in [9.17, 15) is 8.42 Å².